The highest BCUT2D eigenvalue weighted by Gasteiger charge is 2.31. The van der Waals surface area contributed by atoms with E-state index in [-0.39, 0.29) is 17.3 Å². The molecule has 2 aromatic carbocycles. The molecular formula is C23H27F2N3O4S. The van der Waals surface area contributed by atoms with Crippen molar-refractivity contribution in [3.05, 3.63) is 59.7 Å². The van der Waals surface area contributed by atoms with Gasteiger partial charge in [0.1, 0.15) is 6.04 Å². The predicted octanol–water partition coefficient (Wildman–Crippen LogP) is 3.77. The summed E-state index contributed by atoms with van der Waals surface area (Å²) < 4.78 is 52.6. The van der Waals surface area contributed by atoms with E-state index in [4.69, 9.17) is 0 Å². The molecule has 1 N–H and O–H groups in total. The Balaban J connectivity index is 1.86. The van der Waals surface area contributed by atoms with Crippen molar-refractivity contribution in [1.29, 1.82) is 0 Å². The zero-order valence-corrected chi connectivity index (χ0v) is 19.4. The summed E-state index contributed by atoms with van der Waals surface area (Å²) >= 11 is 0. The van der Waals surface area contributed by atoms with E-state index in [1.54, 1.807) is 29.2 Å². The van der Waals surface area contributed by atoms with Gasteiger partial charge in [-0.2, -0.15) is 0 Å². The van der Waals surface area contributed by atoms with Gasteiger partial charge in [-0.3, -0.25) is 13.9 Å². The summed E-state index contributed by atoms with van der Waals surface area (Å²) in [7, 11) is -4.02. The molecule has 0 saturated carbocycles. The highest BCUT2D eigenvalue weighted by Crippen LogP contribution is 2.25. The third-order valence-electron chi connectivity index (χ3n) is 5.55. The molecule has 1 aliphatic heterocycles. The molecule has 7 nitrogen and oxygen atoms in total. The number of amides is 2. The maximum Gasteiger partial charge on any atom is 0.255 e. The first kappa shape index (κ1) is 24.6. The van der Waals surface area contributed by atoms with Gasteiger partial charge in [-0.1, -0.05) is 25.0 Å². The SMILES string of the molecule is C[C@@H](C(=O)Nc1ccccc1C(=O)N1CCCCCC1)N(c1ccc(F)c(F)c1)S(C)(=O)=O. The van der Waals surface area contributed by atoms with E-state index in [1.807, 2.05) is 0 Å². The highest BCUT2D eigenvalue weighted by atomic mass is 32.2. The molecule has 0 radical (unpaired) electrons. The lowest BCUT2D eigenvalue weighted by Gasteiger charge is -2.28. The van der Waals surface area contributed by atoms with Crippen LogP contribution in [0, 0.1) is 11.6 Å². The molecule has 1 saturated heterocycles. The van der Waals surface area contributed by atoms with E-state index in [9.17, 15) is 26.8 Å². The zero-order valence-electron chi connectivity index (χ0n) is 18.6. The Labute approximate surface area is 192 Å². The second kappa shape index (κ2) is 10.3. The number of hydrogen-bond donors (Lipinski definition) is 1. The first-order valence-corrected chi connectivity index (χ1v) is 12.6. The van der Waals surface area contributed by atoms with Crippen LogP contribution in [0.15, 0.2) is 42.5 Å². The van der Waals surface area contributed by atoms with Crippen LogP contribution < -0.4 is 9.62 Å². The van der Waals surface area contributed by atoms with Crippen molar-refractivity contribution in [3.63, 3.8) is 0 Å². The second-order valence-electron chi connectivity index (χ2n) is 8.07. The first-order valence-electron chi connectivity index (χ1n) is 10.7. The van der Waals surface area contributed by atoms with Crippen LogP contribution in [0.1, 0.15) is 43.0 Å². The minimum atomic E-state index is -4.02. The number of benzene rings is 2. The Hall–Kier alpha value is -3.01. The molecule has 2 amide bonds. The molecule has 0 aliphatic carbocycles. The minimum Gasteiger partial charge on any atom is -0.339 e. The third kappa shape index (κ3) is 5.87. The number of carbonyl (C=O) groups is 2. The number of sulfonamides is 1. The Morgan fingerprint density at radius 3 is 2.24 bits per heavy atom. The van der Waals surface area contributed by atoms with E-state index < -0.39 is 33.6 Å². The maximum absolute atomic E-state index is 13.7. The fourth-order valence-electron chi connectivity index (χ4n) is 3.89. The molecule has 0 unspecified atom stereocenters. The van der Waals surface area contributed by atoms with Crippen molar-refractivity contribution in [2.45, 2.75) is 38.6 Å². The zero-order chi connectivity index (χ0) is 24.2. The number of rotatable bonds is 6. The largest absolute Gasteiger partial charge is 0.339 e. The number of para-hydroxylation sites is 1. The van der Waals surface area contributed by atoms with E-state index in [1.165, 1.54) is 6.92 Å². The summed E-state index contributed by atoms with van der Waals surface area (Å²) in [5, 5.41) is 2.63. The lowest BCUT2D eigenvalue weighted by Crippen LogP contribution is -2.45. The van der Waals surface area contributed by atoms with Gasteiger partial charge in [0.25, 0.3) is 5.91 Å². The van der Waals surface area contributed by atoms with Crippen molar-refractivity contribution in [1.82, 2.24) is 4.90 Å². The Morgan fingerprint density at radius 2 is 1.64 bits per heavy atom. The molecule has 1 atom stereocenters. The van der Waals surface area contributed by atoms with Crippen molar-refractivity contribution < 1.29 is 26.8 Å². The van der Waals surface area contributed by atoms with Crippen LogP contribution in [0.3, 0.4) is 0 Å². The molecule has 2 aromatic rings. The number of hydrogen-bond acceptors (Lipinski definition) is 4. The number of carbonyl (C=O) groups excluding carboxylic acids is 2. The van der Waals surface area contributed by atoms with Crippen LogP contribution in [0.25, 0.3) is 0 Å². The van der Waals surface area contributed by atoms with Gasteiger partial charge < -0.3 is 10.2 Å². The number of nitrogens with zero attached hydrogens (tertiary/aromatic N) is 2. The van der Waals surface area contributed by atoms with Gasteiger partial charge in [0.2, 0.25) is 15.9 Å². The molecule has 0 spiro atoms. The summed E-state index contributed by atoms with van der Waals surface area (Å²) in [5.74, 6) is -3.30. The average molecular weight is 480 g/mol. The van der Waals surface area contributed by atoms with Gasteiger partial charge in [-0.25, -0.2) is 17.2 Å². The van der Waals surface area contributed by atoms with Crippen molar-refractivity contribution in [2.24, 2.45) is 0 Å². The lowest BCUT2D eigenvalue weighted by atomic mass is 10.1. The van der Waals surface area contributed by atoms with Crippen LogP contribution >= 0.6 is 0 Å². The predicted molar refractivity (Wildman–Crippen MR) is 123 cm³/mol. The number of anilines is 2. The fraction of sp³-hybridized carbons (Fsp3) is 0.391. The number of likely N-dealkylation sites (tertiary alicyclic amines) is 1. The molecular weight excluding hydrogens is 452 g/mol. The molecule has 3 rings (SSSR count). The lowest BCUT2D eigenvalue weighted by molar-refractivity contribution is -0.116. The molecule has 10 heteroatoms. The summed E-state index contributed by atoms with van der Waals surface area (Å²) in [4.78, 5) is 27.9. The molecule has 33 heavy (non-hydrogen) atoms. The van der Waals surface area contributed by atoms with Gasteiger partial charge in [-0.15, -0.1) is 0 Å². The Morgan fingerprint density at radius 1 is 1.00 bits per heavy atom. The smallest absolute Gasteiger partial charge is 0.255 e. The van der Waals surface area contributed by atoms with E-state index in [2.05, 4.69) is 5.32 Å². The monoisotopic (exact) mass is 479 g/mol. The molecule has 1 heterocycles. The maximum atomic E-state index is 13.7. The van der Waals surface area contributed by atoms with Crippen molar-refractivity contribution in [3.8, 4) is 0 Å². The van der Waals surface area contributed by atoms with Gasteiger partial charge in [-0.05, 0) is 44.0 Å². The first-order chi connectivity index (χ1) is 15.6. The van der Waals surface area contributed by atoms with E-state index in [0.717, 1.165) is 50.1 Å². The van der Waals surface area contributed by atoms with Crippen LogP contribution in [0.2, 0.25) is 0 Å². The minimum absolute atomic E-state index is 0.187. The summed E-state index contributed by atoms with van der Waals surface area (Å²) in [6.07, 6.45) is 4.81. The van der Waals surface area contributed by atoms with Gasteiger partial charge in [0.15, 0.2) is 11.6 Å². The van der Waals surface area contributed by atoms with Crippen LogP contribution in [0.4, 0.5) is 20.2 Å². The topological polar surface area (TPSA) is 86.8 Å². The highest BCUT2D eigenvalue weighted by molar-refractivity contribution is 7.92. The van der Waals surface area contributed by atoms with Gasteiger partial charge >= 0.3 is 0 Å². The molecule has 1 aliphatic rings. The third-order valence-corrected chi connectivity index (χ3v) is 6.80. The van der Waals surface area contributed by atoms with Crippen LogP contribution in [0.5, 0.6) is 0 Å². The number of halogens is 2. The summed E-state index contributed by atoms with van der Waals surface area (Å²) in [6, 6.07) is 7.82. The van der Waals surface area contributed by atoms with Crippen LogP contribution in [-0.2, 0) is 14.8 Å². The molecule has 178 valence electrons. The van der Waals surface area contributed by atoms with Gasteiger partial charge in [0, 0.05) is 19.2 Å². The standard InChI is InChI=1S/C23H27F2N3O4S/c1-16(28(33(2,31)32)17-11-12-19(24)20(25)15-17)22(29)26-21-10-6-5-9-18(21)23(30)27-13-7-3-4-8-14-27/h5-6,9-12,15-16H,3-4,7-8,13-14H2,1-2H3,(H,26,29)/t16-/m0/s1. The van der Waals surface area contributed by atoms with Crippen molar-refractivity contribution >= 4 is 33.2 Å². The molecule has 0 bridgehead atoms. The molecule has 0 aromatic heterocycles. The second-order valence-corrected chi connectivity index (χ2v) is 9.93. The molecule has 1 fully saturated rings. The number of nitrogens with one attached hydrogen (secondary N) is 1. The quantitative estimate of drug-likeness (QED) is 0.683. The normalized spacial score (nSPS) is 15.5. The fourth-order valence-corrected chi connectivity index (χ4v) is 5.06. The summed E-state index contributed by atoms with van der Waals surface area (Å²) in [6.45, 7) is 2.60. The van der Waals surface area contributed by atoms with Gasteiger partial charge in [0.05, 0.1) is 23.2 Å². The average Bonchev–Trinajstić information content (AvgIpc) is 3.05. The summed E-state index contributed by atoms with van der Waals surface area (Å²) in [5.41, 5.74) is 0.369. The Bertz CT molecular complexity index is 1130. The Kier molecular flexibility index (Phi) is 7.68. The van der Waals surface area contributed by atoms with E-state index >= 15 is 0 Å². The van der Waals surface area contributed by atoms with Crippen molar-refractivity contribution in [2.75, 3.05) is 29.0 Å². The van der Waals surface area contributed by atoms with E-state index in [0.29, 0.717) is 23.0 Å². The van der Waals surface area contributed by atoms with Crippen LogP contribution in [-0.4, -0.2) is 50.5 Å².